The minimum Gasteiger partial charge on any atom is -0.465 e. The number of hydrogen-bond acceptors (Lipinski definition) is 7. The van der Waals surface area contributed by atoms with E-state index < -0.39 is 0 Å². The summed E-state index contributed by atoms with van der Waals surface area (Å²) >= 11 is 1.64. The van der Waals surface area contributed by atoms with Crippen molar-refractivity contribution < 1.29 is 14.6 Å². The van der Waals surface area contributed by atoms with Gasteiger partial charge in [0, 0.05) is 6.54 Å². The van der Waals surface area contributed by atoms with E-state index >= 15 is 0 Å². The van der Waals surface area contributed by atoms with Crippen LogP contribution < -0.4 is 5.32 Å². The van der Waals surface area contributed by atoms with Crippen LogP contribution in [0.2, 0.25) is 0 Å². The highest BCUT2D eigenvalue weighted by Crippen LogP contribution is 2.30. The second-order valence-electron chi connectivity index (χ2n) is 8.31. The molecule has 2 heterocycles. The van der Waals surface area contributed by atoms with Gasteiger partial charge in [-0.25, -0.2) is 14.8 Å². The number of thiazole rings is 1. The number of anilines is 1. The molecule has 0 amide bonds. The van der Waals surface area contributed by atoms with Crippen molar-refractivity contribution in [3.63, 3.8) is 0 Å². The lowest BCUT2D eigenvalue weighted by molar-refractivity contribution is 0.0601. The molecule has 2 N–H and O–H groups in total. The van der Waals surface area contributed by atoms with Gasteiger partial charge in [-0.2, -0.15) is 0 Å². The van der Waals surface area contributed by atoms with Crippen molar-refractivity contribution in [2.24, 2.45) is 0 Å². The predicted molar refractivity (Wildman–Crippen MR) is 126 cm³/mol. The number of aliphatic hydroxyl groups excluding tert-OH is 1. The summed E-state index contributed by atoms with van der Waals surface area (Å²) in [5, 5.41) is 14.5. The number of ether oxygens (including phenoxy) is 1. The maximum absolute atomic E-state index is 11.7. The minimum atomic E-state index is -0.355. The zero-order chi connectivity index (χ0) is 22.1. The lowest BCUT2D eigenvalue weighted by Crippen LogP contribution is -2.36. The summed E-state index contributed by atoms with van der Waals surface area (Å²) in [5.74, 6) is -0.355. The number of carbonyl (C=O) groups excluding carboxylic acids is 1. The Kier molecular flexibility index (Phi) is 5.80. The fourth-order valence-corrected chi connectivity index (χ4v) is 5.35. The SMILES string of the molecule is COC(=O)c1ccc2c(c1)ncn2CCc1ccc2nc(N[C@@H]3CCCC[C@H]3O)sc2c1. The van der Waals surface area contributed by atoms with Crippen molar-refractivity contribution in [1.82, 2.24) is 14.5 Å². The molecule has 0 unspecified atom stereocenters. The van der Waals surface area contributed by atoms with Gasteiger partial charge in [0.2, 0.25) is 0 Å². The van der Waals surface area contributed by atoms with Gasteiger partial charge in [0.1, 0.15) is 0 Å². The van der Waals surface area contributed by atoms with E-state index in [9.17, 15) is 9.90 Å². The number of fused-ring (bicyclic) bond motifs is 2. The molecule has 5 rings (SSSR count). The first-order valence-electron chi connectivity index (χ1n) is 11.0. The number of nitrogens with one attached hydrogen (secondary N) is 1. The maximum atomic E-state index is 11.7. The Morgan fingerprint density at radius 1 is 1.22 bits per heavy atom. The highest BCUT2D eigenvalue weighted by Gasteiger charge is 2.23. The molecule has 2 aromatic heterocycles. The Labute approximate surface area is 190 Å². The summed E-state index contributed by atoms with van der Waals surface area (Å²) in [6, 6.07) is 11.9. The number of hydrogen-bond donors (Lipinski definition) is 2. The van der Waals surface area contributed by atoms with Crippen LogP contribution in [0.5, 0.6) is 0 Å². The average molecular weight is 451 g/mol. The number of nitrogens with zero attached hydrogens (tertiary/aromatic N) is 3. The van der Waals surface area contributed by atoms with Gasteiger partial charge in [-0.15, -0.1) is 0 Å². The first-order valence-corrected chi connectivity index (χ1v) is 11.8. The van der Waals surface area contributed by atoms with Crippen LogP contribution in [0.1, 0.15) is 41.6 Å². The van der Waals surface area contributed by atoms with E-state index in [0.29, 0.717) is 5.56 Å². The average Bonchev–Trinajstić information content (AvgIpc) is 3.41. The molecule has 1 aliphatic carbocycles. The van der Waals surface area contributed by atoms with Crippen molar-refractivity contribution in [1.29, 1.82) is 0 Å². The van der Waals surface area contributed by atoms with Gasteiger partial charge in [0.15, 0.2) is 5.13 Å². The topological polar surface area (TPSA) is 89.3 Å². The summed E-state index contributed by atoms with van der Waals surface area (Å²) in [5.41, 5.74) is 4.50. The smallest absolute Gasteiger partial charge is 0.337 e. The molecular formula is C24H26N4O3S. The van der Waals surface area contributed by atoms with Gasteiger partial charge in [-0.3, -0.25) is 0 Å². The summed E-state index contributed by atoms with van der Waals surface area (Å²) in [4.78, 5) is 20.9. The number of carbonyl (C=O) groups is 1. The van der Waals surface area contributed by atoms with Crippen molar-refractivity contribution in [2.45, 2.75) is 50.8 Å². The number of esters is 1. The van der Waals surface area contributed by atoms with E-state index in [1.165, 1.54) is 12.7 Å². The highest BCUT2D eigenvalue weighted by molar-refractivity contribution is 7.22. The lowest BCUT2D eigenvalue weighted by Gasteiger charge is -2.27. The summed E-state index contributed by atoms with van der Waals surface area (Å²) in [7, 11) is 1.38. The van der Waals surface area contributed by atoms with Crippen LogP contribution in [-0.2, 0) is 17.7 Å². The molecule has 0 aliphatic heterocycles. The van der Waals surface area contributed by atoms with E-state index in [-0.39, 0.29) is 18.1 Å². The Morgan fingerprint density at radius 3 is 2.94 bits per heavy atom. The third-order valence-electron chi connectivity index (χ3n) is 6.17. The fourth-order valence-electron chi connectivity index (χ4n) is 4.36. The molecular weight excluding hydrogens is 424 g/mol. The maximum Gasteiger partial charge on any atom is 0.337 e. The number of rotatable bonds is 6. The van der Waals surface area contributed by atoms with Gasteiger partial charge in [0.05, 0.1) is 52.4 Å². The minimum absolute atomic E-state index is 0.0954. The van der Waals surface area contributed by atoms with Crippen molar-refractivity contribution in [3.8, 4) is 0 Å². The molecule has 2 aromatic carbocycles. The van der Waals surface area contributed by atoms with Crippen LogP contribution in [0.25, 0.3) is 21.3 Å². The first-order chi connectivity index (χ1) is 15.6. The predicted octanol–water partition coefficient (Wildman–Crippen LogP) is 4.39. The van der Waals surface area contributed by atoms with Crippen molar-refractivity contribution >= 4 is 43.7 Å². The largest absolute Gasteiger partial charge is 0.465 e. The molecule has 0 radical (unpaired) electrons. The van der Waals surface area contributed by atoms with Gasteiger partial charge < -0.3 is 19.7 Å². The molecule has 32 heavy (non-hydrogen) atoms. The standard InChI is InChI=1S/C24H26N4O3S/c1-31-23(30)16-7-9-20-19(13-16)25-14-28(20)11-10-15-6-8-18-22(12-15)32-24(27-18)26-17-4-2-3-5-21(17)29/h6-9,12-14,17,21,29H,2-5,10-11H2,1H3,(H,26,27)/t17-,21-/m1/s1. The monoisotopic (exact) mass is 450 g/mol. The number of aryl methyl sites for hydroxylation is 2. The number of imidazole rings is 1. The molecule has 0 spiro atoms. The van der Waals surface area contributed by atoms with Gasteiger partial charge in [-0.05, 0) is 55.2 Å². The Balaban J connectivity index is 1.29. The van der Waals surface area contributed by atoms with Gasteiger partial charge in [-0.1, -0.05) is 30.2 Å². The number of aromatic nitrogens is 3. The lowest BCUT2D eigenvalue weighted by atomic mass is 9.93. The Morgan fingerprint density at radius 2 is 2.09 bits per heavy atom. The Hall–Kier alpha value is -2.97. The quantitative estimate of drug-likeness (QED) is 0.424. The van der Waals surface area contributed by atoms with Crippen LogP contribution in [0.3, 0.4) is 0 Å². The van der Waals surface area contributed by atoms with Gasteiger partial charge in [0.25, 0.3) is 0 Å². The van der Waals surface area contributed by atoms with Crippen LogP contribution in [0.4, 0.5) is 5.13 Å². The number of methoxy groups -OCH3 is 1. The Bertz CT molecular complexity index is 1260. The molecule has 2 atom stereocenters. The first kappa shape index (κ1) is 20.9. The summed E-state index contributed by atoms with van der Waals surface area (Å²) in [6.45, 7) is 0.789. The molecule has 1 saturated carbocycles. The number of aliphatic hydroxyl groups is 1. The van der Waals surface area contributed by atoms with Crippen LogP contribution in [-0.4, -0.2) is 44.9 Å². The van der Waals surface area contributed by atoms with Gasteiger partial charge >= 0.3 is 5.97 Å². The molecule has 0 bridgehead atoms. The van der Waals surface area contributed by atoms with Crippen LogP contribution in [0.15, 0.2) is 42.7 Å². The molecule has 4 aromatic rings. The van der Waals surface area contributed by atoms with E-state index in [0.717, 1.165) is 65.0 Å². The molecule has 166 valence electrons. The molecule has 1 fully saturated rings. The molecule has 1 aliphatic rings. The van der Waals surface area contributed by atoms with E-state index in [1.54, 1.807) is 23.5 Å². The van der Waals surface area contributed by atoms with Crippen molar-refractivity contribution in [3.05, 3.63) is 53.9 Å². The third-order valence-corrected chi connectivity index (χ3v) is 7.12. The zero-order valence-corrected chi connectivity index (χ0v) is 18.8. The molecule has 8 heteroatoms. The third kappa shape index (κ3) is 4.20. The fraction of sp³-hybridized carbons (Fsp3) is 0.375. The second-order valence-corrected chi connectivity index (χ2v) is 9.34. The van der Waals surface area contributed by atoms with Crippen LogP contribution in [0, 0.1) is 0 Å². The van der Waals surface area contributed by atoms with E-state index in [1.807, 2.05) is 12.4 Å². The van der Waals surface area contributed by atoms with Crippen molar-refractivity contribution in [2.75, 3.05) is 12.4 Å². The van der Waals surface area contributed by atoms with E-state index in [4.69, 9.17) is 9.72 Å². The molecule has 0 saturated heterocycles. The normalized spacial score (nSPS) is 18.8. The summed E-state index contributed by atoms with van der Waals surface area (Å²) in [6.07, 6.45) is 6.48. The second kappa shape index (κ2) is 8.88. The number of benzene rings is 2. The van der Waals surface area contributed by atoms with E-state index in [2.05, 4.69) is 33.1 Å². The summed E-state index contributed by atoms with van der Waals surface area (Å²) < 4.78 is 8.04. The van der Waals surface area contributed by atoms with Crippen LogP contribution >= 0.6 is 11.3 Å². The highest BCUT2D eigenvalue weighted by atomic mass is 32.1. The zero-order valence-electron chi connectivity index (χ0n) is 18.0. The molecule has 7 nitrogen and oxygen atoms in total.